The van der Waals surface area contributed by atoms with Crippen LogP contribution in [-0.2, 0) is 32.7 Å². The van der Waals surface area contributed by atoms with Crippen molar-refractivity contribution in [1.29, 1.82) is 0 Å². The first-order valence-electron chi connectivity index (χ1n) is 14.5. The van der Waals surface area contributed by atoms with Gasteiger partial charge in [-0.05, 0) is 44.9 Å². The molecule has 0 saturated carbocycles. The number of esters is 2. The number of allylic oxidation sites excluding steroid dienone is 8. The van der Waals surface area contributed by atoms with Crippen LogP contribution in [0.25, 0.3) is 0 Å². The summed E-state index contributed by atoms with van der Waals surface area (Å²) < 4.78 is 31.3. The van der Waals surface area contributed by atoms with Crippen LogP contribution in [0.1, 0.15) is 90.9 Å². The summed E-state index contributed by atoms with van der Waals surface area (Å²) in [5, 5.41) is 18.0. The molecule has 10 nitrogen and oxygen atoms in total. The van der Waals surface area contributed by atoms with E-state index in [2.05, 4.69) is 60.1 Å². The molecular formula is C30H51O10P. The molecule has 0 aliphatic carbocycles. The van der Waals surface area contributed by atoms with Crippen LogP contribution in [-0.4, -0.2) is 65.7 Å². The second-order valence-electron chi connectivity index (χ2n) is 9.47. The number of hydrogen-bond acceptors (Lipinski definition) is 9. The molecule has 3 unspecified atom stereocenters. The Hall–Kier alpha value is -2.07. The third-order valence-electron chi connectivity index (χ3n) is 5.56. The number of phosphoric acid groups is 1. The summed E-state index contributed by atoms with van der Waals surface area (Å²) in [5.41, 5.74) is 0. The van der Waals surface area contributed by atoms with Crippen molar-refractivity contribution in [1.82, 2.24) is 0 Å². The van der Waals surface area contributed by atoms with E-state index in [9.17, 15) is 24.2 Å². The number of hydrogen-bond donors (Lipinski definition) is 3. The molecule has 11 heteroatoms. The molecular weight excluding hydrogens is 551 g/mol. The number of rotatable bonds is 26. The lowest BCUT2D eigenvalue weighted by Crippen LogP contribution is -2.29. The normalized spacial score (nSPS) is 15.1. The van der Waals surface area contributed by atoms with Crippen LogP contribution in [0.2, 0.25) is 0 Å². The van der Waals surface area contributed by atoms with Crippen molar-refractivity contribution in [3.8, 4) is 0 Å². The summed E-state index contributed by atoms with van der Waals surface area (Å²) in [6.45, 7) is 1.14. The first-order chi connectivity index (χ1) is 19.7. The summed E-state index contributed by atoms with van der Waals surface area (Å²) in [7, 11) is -4.58. The lowest BCUT2D eigenvalue weighted by Gasteiger charge is -2.20. The van der Waals surface area contributed by atoms with E-state index in [0.717, 1.165) is 64.2 Å². The molecule has 0 rings (SSSR count). The van der Waals surface area contributed by atoms with E-state index in [-0.39, 0.29) is 13.0 Å². The summed E-state index contributed by atoms with van der Waals surface area (Å²) in [6, 6.07) is 0. The van der Waals surface area contributed by atoms with Gasteiger partial charge in [0.2, 0.25) is 0 Å². The van der Waals surface area contributed by atoms with Crippen LogP contribution in [0.4, 0.5) is 0 Å². The number of aliphatic hydroxyl groups excluding tert-OH is 2. The van der Waals surface area contributed by atoms with Crippen LogP contribution in [0.15, 0.2) is 48.6 Å². The Morgan fingerprint density at radius 3 is 1.90 bits per heavy atom. The van der Waals surface area contributed by atoms with E-state index in [1.54, 1.807) is 0 Å². The smallest absolute Gasteiger partial charge is 0.462 e. The van der Waals surface area contributed by atoms with Gasteiger partial charge in [0.05, 0.1) is 19.8 Å². The van der Waals surface area contributed by atoms with Gasteiger partial charge in [-0.1, -0.05) is 81.2 Å². The van der Waals surface area contributed by atoms with E-state index in [1.807, 2.05) is 0 Å². The minimum absolute atomic E-state index is 0.161. The van der Waals surface area contributed by atoms with Gasteiger partial charge in [-0.15, -0.1) is 0 Å². The molecule has 0 aliphatic heterocycles. The summed E-state index contributed by atoms with van der Waals surface area (Å²) in [5.74, 6) is -1.14. The fraction of sp³-hybridized carbons (Fsp3) is 0.667. The first kappa shape index (κ1) is 38.9. The van der Waals surface area contributed by atoms with E-state index in [0.29, 0.717) is 6.42 Å². The van der Waals surface area contributed by atoms with Gasteiger partial charge in [0, 0.05) is 13.3 Å². The molecule has 0 aliphatic rings. The molecule has 0 amide bonds. The second kappa shape index (κ2) is 26.8. The van der Waals surface area contributed by atoms with Crippen molar-refractivity contribution in [2.45, 2.75) is 103 Å². The predicted molar refractivity (Wildman–Crippen MR) is 159 cm³/mol. The van der Waals surface area contributed by atoms with Gasteiger partial charge < -0.3 is 24.6 Å². The minimum atomic E-state index is -4.58. The van der Waals surface area contributed by atoms with Gasteiger partial charge in [0.1, 0.15) is 12.7 Å². The van der Waals surface area contributed by atoms with Gasteiger partial charge in [0.15, 0.2) is 6.10 Å². The van der Waals surface area contributed by atoms with Gasteiger partial charge in [-0.2, -0.15) is 0 Å². The van der Waals surface area contributed by atoms with Gasteiger partial charge in [-0.3, -0.25) is 18.6 Å². The number of carbonyl (C=O) groups is 2. The first-order valence-corrected chi connectivity index (χ1v) is 16.0. The molecule has 0 heterocycles. The standard InChI is InChI=1S/C30H51O10P/c1-3-4-5-6-7-8-9-10-11-12-13-14-15-16-17-18-19-20-21-22-30(34)40-29(25-37-27(2)32)26-39-41(35,36)38-24-28(33)23-31/h4-5,7-8,10-11,13-14,28-29,31,33H,3,6,9,12,15-26H2,1-2H3,(H,35,36)/b5-4-,8-7-,11-10-,14-13-. The Kier molecular flexibility index (Phi) is 25.5. The molecule has 3 N–H and O–H groups in total. The van der Waals surface area contributed by atoms with Crippen LogP contribution >= 0.6 is 7.82 Å². The highest BCUT2D eigenvalue weighted by Crippen LogP contribution is 2.43. The van der Waals surface area contributed by atoms with Crippen molar-refractivity contribution in [2.75, 3.05) is 26.4 Å². The highest BCUT2D eigenvalue weighted by molar-refractivity contribution is 7.47. The summed E-state index contributed by atoms with van der Waals surface area (Å²) >= 11 is 0. The average molecular weight is 603 g/mol. The Bertz CT molecular complexity index is 837. The maximum Gasteiger partial charge on any atom is 0.472 e. The zero-order chi connectivity index (χ0) is 30.6. The highest BCUT2D eigenvalue weighted by Gasteiger charge is 2.26. The molecule has 236 valence electrons. The highest BCUT2D eigenvalue weighted by atomic mass is 31.2. The lowest BCUT2D eigenvalue weighted by atomic mass is 10.1. The summed E-state index contributed by atoms with van der Waals surface area (Å²) in [6.07, 6.45) is 26.2. The third-order valence-corrected chi connectivity index (χ3v) is 6.51. The summed E-state index contributed by atoms with van der Waals surface area (Å²) in [4.78, 5) is 33.0. The Labute approximate surface area is 245 Å². The zero-order valence-electron chi connectivity index (χ0n) is 24.7. The van der Waals surface area contributed by atoms with Crippen LogP contribution < -0.4 is 0 Å². The number of aliphatic hydroxyl groups is 2. The molecule has 0 radical (unpaired) electrons. The quantitative estimate of drug-likeness (QED) is 0.0475. The van der Waals surface area contributed by atoms with Crippen molar-refractivity contribution < 1.29 is 47.8 Å². The fourth-order valence-electron chi connectivity index (χ4n) is 3.36. The number of carbonyl (C=O) groups excluding carboxylic acids is 2. The zero-order valence-corrected chi connectivity index (χ0v) is 25.6. The molecule has 0 aromatic heterocycles. The van der Waals surface area contributed by atoms with Gasteiger partial charge >= 0.3 is 19.8 Å². The monoisotopic (exact) mass is 602 g/mol. The van der Waals surface area contributed by atoms with Crippen LogP contribution in [0.3, 0.4) is 0 Å². The Morgan fingerprint density at radius 1 is 0.780 bits per heavy atom. The minimum Gasteiger partial charge on any atom is -0.462 e. The van der Waals surface area contributed by atoms with Gasteiger partial charge in [0.25, 0.3) is 0 Å². The maximum atomic E-state index is 12.2. The van der Waals surface area contributed by atoms with Crippen molar-refractivity contribution in [3.05, 3.63) is 48.6 Å². The predicted octanol–water partition coefficient (Wildman–Crippen LogP) is 5.87. The molecule has 0 spiro atoms. The maximum absolute atomic E-state index is 12.2. The molecule has 3 atom stereocenters. The van der Waals surface area contributed by atoms with E-state index >= 15 is 0 Å². The lowest BCUT2D eigenvalue weighted by molar-refractivity contribution is -0.160. The Morgan fingerprint density at radius 2 is 1.32 bits per heavy atom. The number of unbranched alkanes of at least 4 members (excludes halogenated alkanes) is 6. The molecule has 0 aromatic rings. The molecule has 0 saturated heterocycles. The van der Waals surface area contributed by atoms with Crippen molar-refractivity contribution >= 4 is 19.8 Å². The molecule has 0 aromatic carbocycles. The van der Waals surface area contributed by atoms with Crippen molar-refractivity contribution in [3.63, 3.8) is 0 Å². The fourth-order valence-corrected chi connectivity index (χ4v) is 4.14. The van der Waals surface area contributed by atoms with Gasteiger partial charge in [-0.25, -0.2) is 4.57 Å². The van der Waals surface area contributed by atoms with Crippen LogP contribution in [0, 0.1) is 0 Å². The molecule has 0 bridgehead atoms. The second-order valence-corrected chi connectivity index (χ2v) is 10.9. The molecule has 41 heavy (non-hydrogen) atoms. The topological polar surface area (TPSA) is 149 Å². The van der Waals surface area contributed by atoms with E-state index in [1.165, 1.54) is 6.92 Å². The SMILES string of the molecule is CC/C=C\C/C=C\C/C=C\C/C=C\CCCCCCCCC(=O)OC(COC(C)=O)COP(=O)(O)OCC(O)CO. The number of ether oxygens (including phenoxy) is 2. The van der Waals surface area contributed by atoms with Crippen molar-refractivity contribution in [2.24, 2.45) is 0 Å². The largest absolute Gasteiger partial charge is 0.472 e. The number of phosphoric ester groups is 1. The van der Waals surface area contributed by atoms with E-state index in [4.69, 9.17) is 19.1 Å². The third kappa shape index (κ3) is 27.9. The van der Waals surface area contributed by atoms with Crippen LogP contribution in [0.5, 0.6) is 0 Å². The molecule has 0 fully saturated rings. The Balaban J connectivity index is 4.00. The average Bonchev–Trinajstić information content (AvgIpc) is 2.94. The van der Waals surface area contributed by atoms with E-state index < -0.39 is 51.8 Å².